The number of hydrogen-bond acceptors (Lipinski definition) is 3. The molecule has 2 N–H and O–H groups in total. The van der Waals surface area contributed by atoms with Gasteiger partial charge in [-0.25, -0.2) is 0 Å². The van der Waals surface area contributed by atoms with Crippen molar-refractivity contribution in [3.8, 4) is 6.07 Å². The van der Waals surface area contributed by atoms with Crippen molar-refractivity contribution in [3.05, 3.63) is 23.8 Å². The SMILES string of the molecule is CCSc1cc(C#N)ccc1N. The molecule has 0 aliphatic heterocycles. The van der Waals surface area contributed by atoms with Gasteiger partial charge in [-0.1, -0.05) is 6.92 Å². The summed E-state index contributed by atoms with van der Waals surface area (Å²) in [5.41, 5.74) is 7.12. The third-order valence-corrected chi connectivity index (χ3v) is 2.40. The van der Waals surface area contributed by atoms with E-state index < -0.39 is 0 Å². The summed E-state index contributed by atoms with van der Waals surface area (Å²) >= 11 is 1.66. The number of nitrogens with zero attached hydrogens (tertiary/aromatic N) is 1. The second-order valence-electron chi connectivity index (χ2n) is 2.30. The predicted octanol–water partition coefficient (Wildman–Crippen LogP) is 2.25. The maximum Gasteiger partial charge on any atom is 0.0992 e. The number of thioether (sulfide) groups is 1. The Morgan fingerprint density at radius 3 is 2.92 bits per heavy atom. The standard InChI is InChI=1S/C9H10N2S/c1-2-12-9-5-7(6-10)3-4-8(9)11/h3-5H,2,11H2,1H3. The van der Waals surface area contributed by atoms with Gasteiger partial charge in [-0.2, -0.15) is 5.26 Å². The van der Waals surface area contributed by atoms with Crippen LogP contribution in [0.3, 0.4) is 0 Å². The molecule has 0 heterocycles. The van der Waals surface area contributed by atoms with E-state index in [0.29, 0.717) is 5.56 Å². The normalized spacial score (nSPS) is 9.33. The molecular formula is C9H10N2S. The number of nitrogens with two attached hydrogens (primary N) is 1. The summed E-state index contributed by atoms with van der Waals surface area (Å²) < 4.78 is 0. The van der Waals surface area contributed by atoms with Crippen molar-refractivity contribution in [3.63, 3.8) is 0 Å². The molecule has 1 aromatic carbocycles. The number of benzene rings is 1. The van der Waals surface area contributed by atoms with Crippen molar-refractivity contribution < 1.29 is 0 Å². The predicted molar refractivity (Wildman–Crippen MR) is 52.0 cm³/mol. The Kier molecular flexibility index (Phi) is 3.01. The first-order valence-electron chi connectivity index (χ1n) is 3.70. The fourth-order valence-electron chi connectivity index (χ4n) is 0.884. The van der Waals surface area contributed by atoms with Gasteiger partial charge < -0.3 is 5.73 Å². The highest BCUT2D eigenvalue weighted by atomic mass is 32.2. The highest BCUT2D eigenvalue weighted by Gasteiger charge is 1.99. The fraction of sp³-hybridized carbons (Fsp3) is 0.222. The highest BCUT2D eigenvalue weighted by Crippen LogP contribution is 2.25. The van der Waals surface area contributed by atoms with Gasteiger partial charge in [0.2, 0.25) is 0 Å². The van der Waals surface area contributed by atoms with E-state index in [-0.39, 0.29) is 0 Å². The zero-order chi connectivity index (χ0) is 8.97. The van der Waals surface area contributed by atoms with Crippen molar-refractivity contribution in [1.82, 2.24) is 0 Å². The number of nitrogen functional groups attached to an aromatic ring is 1. The Morgan fingerprint density at radius 2 is 2.33 bits per heavy atom. The third kappa shape index (κ3) is 1.93. The summed E-state index contributed by atoms with van der Waals surface area (Å²) in [6.45, 7) is 2.06. The zero-order valence-electron chi connectivity index (χ0n) is 6.87. The van der Waals surface area contributed by atoms with Gasteiger partial charge in [-0.15, -0.1) is 11.8 Å². The molecule has 0 atom stereocenters. The number of anilines is 1. The van der Waals surface area contributed by atoms with E-state index >= 15 is 0 Å². The smallest absolute Gasteiger partial charge is 0.0992 e. The monoisotopic (exact) mass is 178 g/mol. The Bertz CT molecular complexity index is 315. The Labute approximate surface area is 76.4 Å². The van der Waals surface area contributed by atoms with E-state index in [4.69, 9.17) is 11.0 Å². The van der Waals surface area contributed by atoms with Gasteiger partial charge in [0.15, 0.2) is 0 Å². The van der Waals surface area contributed by atoms with E-state index in [0.717, 1.165) is 16.3 Å². The van der Waals surface area contributed by atoms with E-state index in [9.17, 15) is 0 Å². The summed E-state index contributed by atoms with van der Waals surface area (Å²) in [6, 6.07) is 7.41. The topological polar surface area (TPSA) is 49.8 Å². The second kappa shape index (κ2) is 4.03. The number of nitriles is 1. The second-order valence-corrected chi connectivity index (χ2v) is 3.60. The molecule has 0 aromatic heterocycles. The van der Waals surface area contributed by atoms with E-state index in [2.05, 4.69) is 13.0 Å². The molecule has 0 saturated carbocycles. The van der Waals surface area contributed by atoms with E-state index in [1.165, 1.54) is 0 Å². The molecule has 2 nitrogen and oxygen atoms in total. The van der Waals surface area contributed by atoms with Crippen LogP contribution in [0.5, 0.6) is 0 Å². The van der Waals surface area contributed by atoms with E-state index in [1.54, 1.807) is 23.9 Å². The summed E-state index contributed by atoms with van der Waals surface area (Å²) in [7, 11) is 0. The summed E-state index contributed by atoms with van der Waals surface area (Å²) in [4.78, 5) is 0.997. The number of rotatable bonds is 2. The summed E-state index contributed by atoms with van der Waals surface area (Å²) in [5, 5.41) is 8.62. The average Bonchev–Trinajstić information content (AvgIpc) is 2.09. The van der Waals surface area contributed by atoms with Crippen LogP contribution in [0.4, 0.5) is 5.69 Å². The lowest BCUT2D eigenvalue weighted by molar-refractivity contribution is 1.39. The van der Waals surface area contributed by atoms with Gasteiger partial charge >= 0.3 is 0 Å². The molecule has 0 aliphatic rings. The minimum Gasteiger partial charge on any atom is -0.398 e. The zero-order valence-corrected chi connectivity index (χ0v) is 7.69. The lowest BCUT2D eigenvalue weighted by Gasteiger charge is -2.02. The highest BCUT2D eigenvalue weighted by molar-refractivity contribution is 7.99. The molecular weight excluding hydrogens is 168 g/mol. The van der Waals surface area contributed by atoms with Crippen LogP contribution in [0.1, 0.15) is 12.5 Å². The van der Waals surface area contributed by atoms with Gasteiger partial charge in [0.05, 0.1) is 11.6 Å². The van der Waals surface area contributed by atoms with Crippen LogP contribution in [0, 0.1) is 11.3 Å². The van der Waals surface area contributed by atoms with Crippen LogP contribution >= 0.6 is 11.8 Å². The van der Waals surface area contributed by atoms with E-state index in [1.807, 2.05) is 6.07 Å². The first-order valence-corrected chi connectivity index (χ1v) is 4.69. The average molecular weight is 178 g/mol. The molecule has 0 aliphatic carbocycles. The molecule has 62 valence electrons. The lowest BCUT2D eigenvalue weighted by Crippen LogP contribution is -1.89. The molecule has 12 heavy (non-hydrogen) atoms. The molecule has 0 saturated heterocycles. The molecule has 0 radical (unpaired) electrons. The van der Waals surface area contributed by atoms with Gasteiger partial charge in [0.1, 0.15) is 0 Å². The van der Waals surface area contributed by atoms with Gasteiger partial charge in [-0.05, 0) is 24.0 Å². The van der Waals surface area contributed by atoms with Crippen LogP contribution in [0.2, 0.25) is 0 Å². The quantitative estimate of drug-likeness (QED) is 0.558. The van der Waals surface area contributed by atoms with Crippen LogP contribution < -0.4 is 5.73 Å². The Hall–Kier alpha value is -1.14. The van der Waals surface area contributed by atoms with Crippen molar-refractivity contribution in [2.75, 3.05) is 11.5 Å². The van der Waals surface area contributed by atoms with Crippen LogP contribution in [-0.4, -0.2) is 5.75 Å². The first-order chi connectivity index (χ1) is 5.77. The molecule has 1 aromatic rings. The van der Waals surface area contributed by atoms with Crippen molar-refractivity contribution in [2.45, 2.75) is 11.8 Å². The van der Waals surface area contributed by atoms with Crippen molar-refractivity contribution in [1.29, 1.82) is 5.26 Å². The molecule has 1 rings (SSSR count). The third-order valence-electron chi connectivity index (χ3n) is 1.44. The summed E-state index contributed by atoms with van der Waals surface area (Å²) in [5.74, 6) is 0.971. The molecule has 0 amide bonds. The van der Waals surface area contributed by atoms with Crippen LogP contribution in [0.15, 0.2) is 23.1 Å². The van der Waals surface area contributed by atoms with Crippen molar-refractivity contribution >= 4 is 17.4 Å². The van der Waals surface area contributed by atoms with Gasteiger partial charge in [0.25, 0.3) is 0 Å². The molecule has 0 spiro atoms. The molecule has 0 unspecified atom stereocenters. The van der Waals surface area contributed by atoms with Gasteiger partial charge in [-0.3, -0.25) is 0 Å². The molecule has 3 heteroatoms. The first kappa shape index (κ1) is 8.95. The lowest BCUT2D eigenvalue weighted by atomic mass is 10.2. The minimum atomic E-state index is 0.667. The molecule has 0 fully saturated rings. The summed E-state index contributed by atoms with van der Waals surface area (Å²) in [6.07, 6.45) is 0. The Morgan fingerprint density at radius 1 is 1.58 bits per heavy atom. The van der Waals surface area contributed by atoms with Crippen molar-refractivity contribution in [2.24, 2.45) is 0 Å². The maximum absolute atomic E-state index is 8.62. The fourth-order valence-corrected chi connectivity index (χ4v) is 1.64. The van der Waals surface area contributed by atoms with Gasteiger partial charge in [0, 0.05) is 10.6 Å². The largest absolute Gasteiger partial charge is 0.398 e. The minimum absolute atomic E-state index is 0.667. The number of hydrogen-bond donors (Lipinski definition) is 1. The van der Waals surface area contributed by atoms with Crippen LogP contribution in [0.25, 0.3) is 0 Å². The molecule has 0 bridgehead atoms. The Balaban J connectivity index is 3.01. The van der Waals surface area contributed by atoms with Crippen LogP contribution in [-0.2, 0) is 0 Å². The maximum atomic E-state index is 8.62.